The van der Waals surface area contributed by atoms with Crippen LogP contribution in [0.2, 0.25) is 0 Å². The van der Waals surface area contributed by atoms with E-state index in [2.05, 4.69) is 10.9 Å². The van der Waals surface area contributed by atoms with Gasteiger partial charge in [-0.15, -0.1) is 0 Å². The molecule has 0 spiro atoms. The largest absolute Gasteiger partial charge is 0.508 e. The van der Waals surface area contributed by atoms with Crippen molar-refractivity contribution in [2.45, 2.75) is 31.5 Å². The Morgan fingerprint density at radius 1 is 0.944 bits per heavy atom. The number of carbonyl (C=O) groups excluding carboxylic acids is 1. The fourth-order valence-corrected chi connectivity index (χ4v) is 5.39. The van der Waals surface area contributed by atoms with Crippen molar-refractivity contribution in [3.8, 4) is 23.0 Å². The number of hydrogen-bond acceptors (Lipinski definition) is 7. The Morgan fingerprint density at radius 2 is 1.69 bits per heavy atom. The maximum Gasteiger partial charge on any atom is 0.242 e. The van der Waals surface area contributed by atoms with Crippen molar-refractivity contribution in [2.75, 3.05) is 20.3 Å². The molecule has 8 heteroatoms. The molecule has 2 fully saturated rings. The van der Waals surface area contributed by atoms with Crippen molar-refractivity contribution in [1.29, 1.82) is 0 Å². The highest BCUT2D eigenvalue weighted by molar-refractivity contribution is 5.86. The van der Waals surface area contributed by atoms with Crippen molar-refractivity contribution in [3.05, 3.63) is 83.4 Å². The fourth-order valence-electron chi connectivity index (χ4n) is 5.39. The zero-order valence-corrected chi connectivity index (χ0v) is 20.3. The SMILES string of the molecule is CCOc1cc(C2C3C(NNC3c3ccccc3O)C(=O)N2CCc2ccc(OC)cc2)ccc1O. The predicted octanol–water partition coefficient (Wildman–Crippen LogP) is 3.47. The van der Waals surface area contributed by atoms with Crippen molar-refractivity contribution in [2.24, 2.45) is 5.92 Å². The summed E-state index contributed by atoms with van der Waals surface area (Å²) in [6, 6.07) is 19.3. The van der Waals surface area contributed by atoms with Crippen molar-refractivity contribution in [3.63, 3.8) is 0 Å². The number of amides is 1. The number of fused-ring (bicyclic) bond motifs is 1. The topological polar surface area (TPSA) is 103 Å². The van der Waals surface area contributed by atoms with E-state index in [1.807, 2.05) is 60.4 Å². The Balaban J connectivity index is 1.51. The molecule has 2 aliphatic rings. The minimum Gasteiger partial charge on any atom is -0.508 e. The van der Waals surface area contributed by atoms with Crippen LogP contribution in [0.5, 0.6) is 23.0 Å². The van der Waals surface area contributed by atoms with Crippen LogP contribution in [-0.4, -0.2) is 47.3 Å². The van der Waals surface area contributed by atoms with E-state index >= 15 is 0 Å². The first kappa shape index (κ1) is 24.0. The van der Waals surface area contributed by atoms with Crippen LogP contribution in [0, 0.1) is 5.92 Å². The first-order chi connectivity index (χ1) is 17.5. The number of methoxy groups -OCH3 is 1. The molecule has 0 radical (unpaired) electrons. The summed E-state index contributed by atoms with van der Waals surface area (Å²) in [7, 11) is 1.64. The van der Waals surface area contributed by atoms with E-state index in [1.54, 1.807) is 25.3 Å². The van der Waals surface area contributed by atoms with E-state index < -0.39 is 6.04 Å². The molecule has 4 N–H and O–H groups in total. The molecule has 2 heterocycles. The maximum absolute atomic E-state index is 13.7. The second kappa shape index (κ2) is 10.1. The number of hydrogen-bond donors (Lipinski definition) is 4. The average molecular weight is 490 g/mol. The second-order valence-electron chi connectivity index (χ2n) is 9.11. The number of carbonyl (C=O) groups is 1. The second-order valence-corrected chi connectivity index (χ2v) is 9.11. The Hall–Kier alpha value is -3.75. The third-order valence-electron chi connectivity index (χ3n) is 7.11. The van der Waals surface area contributed by atoms with Crippen LogP contribution in [0.25, 0.3) is 0 Å². The molecule has 2 aliphatic heterocycles. The normalized spacial score (nSPS) is 23.1. The van der Waals surface area contributed by atoms with Crippen LogP contribution in [0.1, 0.15) is 35.7 Å². The number of aromatic hydroxyl groups is 2. The first-order valence-corrected chi connectivity index (χ1v) is 12.2. The molecule has 1 amide bonds. The fraction of sp³-hybridized carbons (Fsp3) is 0.321. The monoisotopic (exact) mass is 489 g/mol. The predicted molar refractivity (Wildman–Crippen MR) is 135 cm³/mol. The number of ether oxygens (including phenoxy) is 2. The summed E-state index contributed by atoms with van der Waals surface area (Å²) in [5.74, 6) is 1.22. The zero-order valence-electron chi connectivity index (χ0n) is 20.3. The molecule has 4 atom stereocenters. The summed E-state index contributed by atoms with van der Waals surface area (Å²) < 4.78 is 10.9. The molecular weight excluding hydrogens is 458 g/mol. The van der Waals surface area contributed by atoms with Gasteiger partial charge in [0.2, 0.25) is 5.91 Å². The van der Waals surface area contributed by atoms with Crippen LogP contribution in [-0.2, 0) is 11.2 Å². The average Bonchev–Trinajstić information content (AvgIpc) is 3.43. The summed E-state index contributed by atoms with van der Waals surface area (Å²) in [5, 5.41) is 20.9. The third kappa shape index (κ3) is 4.34. The maximum atomic E-state index is 13.7. The van der Waals surface area contributed by atoms with Crippen LogP contribution in [0.3, 0.4) is 0 Å². The van der Waals surface area contributed by atoms with Gasteiger partial charge in [-0.25, -0.2) is 10.9 Å². The summed E-state index contributed by atoms with van der Waals surface area (Å²) in [4.78, 5) is 15.6. The number of likely N-dealkylation sites (tertiary alicyclic amines) is 1. The van der Waals surface area contributed by atoms with Gasteiger partial charge in [0.05, 0.1) is 25.8 Å². The van der Waals surface area contributed by atoms with Gasteiger partial charge in [0, 0.05) is 18.0 Å². The lowest BCUT2D eigenvalue weighted by molar-refractivity contribution is -0.130. The lowest BCUT2D eigenvalue weighted by Gasteiger charge is -2.32. The van der Waals surface area contributed by atoms with Crippen LogP contribution in [0.4, 0.5) is 0 Å². The molecule has 5 rings (SSSR count). The van der Waals surface area contributed by atoms with E-state index in [-0.39, 0.29) is 35.4 Å². The molecule has 2 saturated heterocycles. The number of phenolic OH excluding ortho intramolecular Hbond substituents is 2. The summed E-state index contributed by atoms with van der Waals surface area (Å²) in [6.07, 6.45) is 0.677. The summed E-state index contributed by atoms with van der Waals surface area (Å²) in [5.41, 5.74) is 9.15. The van der Waals surface area contributed by atoms with Gasteiger partial charge in [-0.3, -0.25) is 4.79 Å². The number of nitrogens with zero attached hydrogens (tertiary/aromatic N) is 1. The molecule has 0 aromatic heterocycles. The Bertz CT molecular complexity index is 1230. The highest BCUT2D eigenvalue weighted by Crippen LogP contribution is 2.49. The molecular formula is C28H31N3O5. The van der Waals surface area contributed by atoms with Gasteiger partial charge in [0.25, 0.3) is 0 Å². The minimum absolute atomic E-state index is 0.00466. The van der Waals surface area contributed by atoms with Gasteiger partial charge < -0.3 is 24.6 Å². The quantitative estimate of drug-likeness (QED) is 0.384. The van der Waals surface area contributed by atoms with Gasteiger partial charge in [0.1, 0.15) is 17.5 Å². The molecule has 4 unspecified atom stereocenters. The van der Waals surface area contributed by atoms with E-state index in [4.69, 9.17) is 9.47 Å². The highest BCUT2D eigenvalue weighted by atomic mass is 16.5. The number of hydrazine groups is 1. The Kier molecular flexibility index (Phi) is 6.71. The van der Waals surface area contributed by atoms with Gasteiger partial charge in [0.15, 0.2) is 11.5 Å². The lowest BCUT2D eigenvalue weighted by atomic mass is 9.83. The molecule has 8 nitrogen and oxygen atoms in total. The first-order valence-electron chi connectivity index (χ1n) is 12.2. The van der Waals surface area contributed by atoms with Crippen molar-refractivity contribution >= 4 is 5.91 Å². The van der Waals surface area contributed by atoms with Crippen molar-refractivity contribution in [1.82, 2.24) is 15.8 Å². The zero-order chi connectivity index (χ0) is 25.2. The molecule has 188 valence electrons. The standard InChI is InChI=1S/C28H31N3O5/c1-3-36-23-16-18(10-13-22(23)33)27-24-25(20-6-4-5-7-21(20)32)29-30-26(24)28(34)31(27)15-14-17-8-11-19(35-2)12-9-17/h4-13,16,24-27,29-30,32-33H,3,14-15H2,1-2H3. The molecule has 3 aromatic carbocycles. The molecule has 36 heavy (non-hydrogen) atoms. The van der Waals surface area contributed by atoms with Gasteiger partial charge in [-0.05, 0) is 54.8 Å². The third-order valence-corrected chi connectivity index (χ3v) is 7.11. The van der Waals surface area contributed by atoms with Crippen molar-refractivity contribution < 1.29 is 24.5 Å². The van der Waals surface area contributed by atoms with Crippen LogP contribution in [0.15, 0.2) is 66.7 Å². The minimum atomic E-state index is -0.458. The lowest BCUT2D eigenvalue weighted by Crippen LogP contribution is -2.42. The van der Waals surface area contributed by atoms with Crippen LogP contribution < -0.4 is 20.3 Å². The molecule has 0 bridgehead atoms. The number of rotatable bonds is 8. The molecule has 3 aromatic rings. The Labute approximate surface area is 210 Å². The number of phenols is 2. The summed E-state index contributed by atoms with van der Waals surface area (Å²) >= 11 is 0. The van der Waals surface area contributed by atoms with E-state index in [9.17, 15) is 15.0 Å². The van der Waals surface area contributed by atoms with E-state index in [1.165, 1.54) is 0 Å². The highest BCUT2D eigenvalue weighted by Gasteiger charge is 2.55. The number of para-hydroxylation sites is 1. The number of nitrogens with one attached hydrogen (secondary N) is 2. The smallest absolute Gasteiger partial charge is 0.242 e. The van der Waals surface area contributed by atoms with E-state index in [0.29, 0.717) is 25.3 Å². The molecule has 0 saturated carbocycles. The van der Waals surface area contributed by atoms with Crippen LogP contribution >= 0.6 is 0 Å². The Morgan fingerprint density at radius 3 is 2.42 bits per heavy atom. The van der Waals surface area contributed by atoms with Gasteiger partial charge >= 0.3 is 0 Å². The van der Waals surface area contributed by atoms with Gasteiger partial charge in [-0.2, -0.15) is 0 Å². The number of benzene rings is 3. The summed E-state index contributed by atoms with van der Waals surface area (Å²) in [6.45, 7) is 2.79. The molecule has 0 aliphatic carbocycles. The van der Waals surface area contributed by atoms with Gasteiger partial charge in [-0.1, -0.05) is 36.4 Å². The van der Waals surface area contributed by atoms with E-state index in [0.717, 1.165) is 22.4 Å².